The van der Waals surface area contributed by atoms with Gasteiger partial charge < -0.3 is 9.88 Å². The van der Waals surface area contributed by atoms with Crippen LogP contribution >= 0.6 is 0 Å². The molecule has 0 aliphatic rings. The second-order valence-corrected chi connectivity index (χ2v) is 4.06. The van der Waals surface area contributed by atoms with E-state index >= 15 is 0 Å². The number of ketones is 1. The molecule has 0 atom stereocenters. The van der Waals surface area contributed by atoms with Crippen molar-refractivity contribution in [3.63, 3.8) is 0 Å². The molecule has 0 fully saturated rings. The van der Waals surface area contributed by atoms with Crippen LogP contribution < -0.4 is 5.32 Å². The number of nitrogens with one attached hydrogen (secondary N) is 1. The molecule has 1 aromatic heterocycles. The van der Waals surface area contributed by atoms with Gasteiger partial charge in [0.15, 0.2) is 5.78 Å². The average Bonchev–Trinajstić information content (AvgIpc) is 2.67. The van der Waals surface area contributed by atoms with Crippen molar-refractivity contribution in [2.45, 2.75) is 13.5 Å². The van der Waals surface area contributed by atoms with Gasteiger partial charge in [-0.2, -0.15) is 0 Å². The number of Topliss-reactive ketones (excluding diaryl/α,β-unsaturated/α-hetero) is 1. The van der Waals surface area contributed by atoms with E-state index in [1.165, 1.54) is 19.1 Å². The first kappa shape index (κ1) is 12.3. The first-order chi connectivity index (χ1) is 8.52. The smallest absolute Gasteiger partial charge is 0.239 e. The summed E-state index contributed by atoms with van der Waals surface area (Å²) in [6.07, 6.45) is 1.58. The number of nitrogens with zero attached hydrogens (tertiary/aromatic N) is 1. The standard InChI is InChI=1S/C13H13FN2O2/c1-8(17)11-6-16(7-13(18)15-2)12-4-3-9(14)5-10(11)12/h3-6H,7H2,1-2H3,(H,15,18). The van der Waals surface area contributed by atoms with E-state index < -0.39 is 5.82 Å². The molecule has 0 aliphatic heterocycles. The lowest BCUT2D eigenvalue weighted by atomic mass is 10.1. The minimum atomic E-state index is -0.400. The predicted molar refractivity (Wildman–Crippen MR) is 66.0 cm³/mol. The molecule has 2 rings (SSSR count). The van der Waals surface area contributed by atoms with E-state index in [4.69, 9.17) is 0 Å². The minimum absolute atomic E-state index is 0.103. The molecule has 5 heteroatoms. The van der Waals surface area contributed by atoms with E-state index in [0.717, 1.165) is 0 Å². The fraction of sp³-hybridized carbons (Fsp3) is 0.231. The first-order valence-corrected chi connectivity index (χ1v) is 5.53. The van der Waals surface area contributed by atoms with E-state index in [1.807, 2.05) is 0 Å². The molecule has 0 saturated heterocycles. The second kappa shape index (κ2) is 4.60. The highest BCUT2D eigenvalue weighted by Gasteiger charge is 2.14. The number of carbonyl (C=O) groups is 2. The molecule has 1 heterocycles. The number of halogens is 1. The Bertz CT molecular complexity index is 631. The Balaban J connectivity index is 2.61. The summed E-state index contributed by atoms with van der Waals surface area (Å²) in [7, 11) is 1.54. The van der Waals surface area contributed by atoms with E-state index in [-0.39, 0.29) is 18.2 Å². The first-order valence-electron chi connectivity index (χ1n) is 5.53. The molecular formula is C13H13FN2O2. The molecule has 1 aromatic carbocycles. The Morgan fingerprint density at radius 3 is 2.72 bits per heavy atom. The van der Waals surface area contributed by atoms with E-state index in [9.17, 15) is 14.0 Å². The zero-order chi connectivity index (χ0) is 13.3. The molecular weight excluding hydrogens is 235 g/mol. The third-order valence-corrected chi connectivity index (χ3v) is 2.82. The molecule has 0 bridgehead atoms. The Hall–Kier alpha value is -2.17. The van der Waals surface area contributed by atoms with E-state index in [2.05, 4.69) is 5.32 Å². The molecule has 2 aromatic rings. The highest BCUT2D eigenvalue weighted by molar-refractivity contribution is 6.07. The maximum absolute atomic E-state index is 13.2. The number of amides is 1. The molecule has 0 spiro atoms. The van der Waals surface area contributed by atoms with E-state index in [0.29, 0.717) is 16.5 Å². The summed E-state index contributed by atoms with van der Waals surface area (Å²) in [5, 5.41) is 3.04. The van der Waals surface area contributed by atoms with Crippen LogP contribution in [0.15, 0.2) is 24.4 Å². The molecule has 0 radical (unpaired) electrons. The zero-order valence-electron chi connectivity index (χ0n) is 10.2. The lowest BCUT2D eigenvalue weighted by Crippen LogP contribution is -2.23. The van der Waals surface area contributed by atoms with Crippen LogP contribution in [0.4, 0.5) is 4.39 Å². The maximum Gasteiger partial charge on any atom is 0.239 e. The topological polar surface area (TPSA) is 51.1 Å². The summed E-state index contributed by atoms with van der Waals surface area (Å²) < 4.78 is 14.9. The number of likely N-dealkylation sites (N-methyl/N-ethyl adjacent to an activating group) is 1. The van der Waals surface area contributed by atoms with Gasteiger partial charge in [-0.15, -0.1) is 0 Å². The van der Waals surface area contributed by atoms with Crippen molar-refractivity contribution in [3.05, 3.63) is 35.8 Å². The number of hydrogen-bond donors (Lipinski definition) is 1. The van der Waals surface area contributed by atoms with Crippen molar-refractivity contribution in [2.75, 3.05) is 7.05 Å². The number of carbonyl (C=O) groups excluding carboxylic acids is 2. The van der Waals surface area contributed by atoms with Crippen molar-refractivity contribution in [2.24, 2.45) is 0 Å². The summed E-state index contributed by atoms with van der Waals surface area (Å²) in [5.74, 6) is -0.727. The SMILES string of the molecule is CNC(=O)Cn1cc(C(C)=O)c2cc(F)ccc21. The number of benzene rings is 1. The van der Waals surface area contributed by atoms with Crippen molar-refractivity contribution >= 4 is 22.6 Å². The Morgan fingerprint density at radius 1 is 1.39 bits per heavy atom. The monoisotopic (exact) mass is 248 g/mol. The molecule has 1 N–H and O–H groups in total. The summed E-state index contributed by atoms with van der Waals surface area (Å²) in [6.45, 7) is 1.52. The van der Waals surface area contributed by atoms with Gasteiger partial charge in [-0.3, -0.25) is 9.59 Å². The highest BCUT2D eigenvalue weighted by atomic mass is 19.1. The molecule has 1 amide bonds. The number of aromatic nitrogens is 1. The molecule has 4 nitrogen and oxygen atoms in total. The van der Waals surface area contributed by atoms with Crippen LogP contribution in [0.1, 0.15) is 17.3 Å². The van der Waals surface area contributed by atoms with Gasteiger partial charge in [-0.1, -0.05) is 0 Å². The summed E-state index contributed by atoms with van der Waals surface area (Å²) in [6, 6.07) is 4.19. The van der Waals surface area contributed by atoms with Crippen LogP contribution in [0.25, 0.3) is 10.9 Å². The van der Waals surface area contributed by atoms with Crippen LogP contribution in [-0.2, 0) is 11.3 Å². The quantitative estimate of drug-likeness (QED) is 0.841. The number of fused-ring (bicyclic) bond motifs is 1. The highest BCUT2D eigenvalue weighted by Crippen LogP contribution is 2.23. The van der Waals surface area contributed by atoms with Gasteiger partial charge in [0.25, 0.3) is 0 Å². The van der Waals surface area contributed by atoms with Crippen molar-refractivity contribution in [1.82, 2.24) is 9.88 Å². The summed E-state index contributed by atoms with van der Waals surface area (Å²) >= 11 is 0. The number of rotatable bonds is 3. The van der Waals surface area contributed by atoms with Gasteiger partial charge >= 0.3 is 0 Å². The van der Waals surface area contributed by atoms with Crippen molar-refractivity contribution < 1.29 is 14.0 Å². The average molecular weight is 248 g/mol. The third kappa shape index (κ3) is 2.11. The molecule has 18 heavy (non-hydrogen) atoms. The molecule has 0 saturated carbocycles. The maximum atomic E-state index is 13.2. The van der Waals surface area contributed by atoms with Gasteiger partial charge in [-0.25, -0.2) is 4.39 Å². The normalized spacial score (nSPS) is 10.6. The predicted octanol–water partition coefficient (Wildman–Crippen LogP) is 1.73. The van der Waals surface area contributed by atoms with Gasteiger partial charge in [-0.05, 0) is 25.1 Å². The summed E-state index contributed by atoms with van der Waals surface area (Å²) in [4.78, 5) is 22.9. The zero-order valence-corrected chi connectivity index (χ0v) is 10.2. The van der Waals surface area contributed by atoms with Gasteiger partial charge in [0.05, 0.1) is 0 Å². The van der Waals surface area contributed by atoms with Gasteiger partial charge in [0, 0.05) is 29.7 Å². The lowest BCUT2D eigenvalue weighted by molar-refractivity contribution is -0.121. The second-order valence-electron chi connectivity index (χ2n) is 4.06. The van der Waals surface area contributed by atoms with Crippen LogP contribution in [-0.4, -0.2) is 23.3 Å². The molecule has 94 valence electrons. The van der Waals surface area contributed by atoms with Crippen LogP contribution in [0.2, 0.25) is 0 Å². The van der Waals surface area contributed by atoms with Crippen molar-refractivity contribution in [3.8, 4) is 0 Å². The lowest BCUT2D eigenvalue weighted by Gasteiger charge is -2.03. The largest absolute Gasteiger partial charge is 0.358 e. The fourth-order valence-electron chi connectivity index (χ4n) is 1.91. The van der Waals surface area contributed by atoms with Gasteiger partial charge in [0.1, 0.15) is 12.4 Å². The Labute approximate surface area is 103 Å². The molecule has 0 unspecified atom stereocenters. The minimum Gasteiger partial charge on any atom is -0.358 e. The summed E-state index contributed by atoms with van der Waals surface area (Å²) in [5.41, 5.74) is 1.10. The third-order valence-electron chi connectivity index (χ3n) is 2.82. The van der Waals surface area contributed by atoms with Gasteiger partial charge in [0.2, 0.25) is 5.91 Å². The fourth-order valence-corrected chi connectivity index (χ4v) is 1.91. The van der Waals surface area contributed by atoms with Crippen LogP contribution in [0, 0.1) is 5.82 Å². The Morgan fingerprint density at radius 2 is 2.11 bits per heavy atom. The van der Waals surface area contributed by atoms with Crippen LogP contribution in [0.5, 0.6) is 0 Å². The number of hydrogen-bond acceptors (Lipinski definition) is 2. The van der Waals surface area contributed by atoms with Crippen LogP contribution in [0.3, 0.4) is 0 Å². The molecule has 0 aliphatic carbocycles. The van der Waals surface area contributed by atoms with E-state index in [1.54, 1.807) is 23.9 Å². The van der Waals surface area contributed by atoms with Crippen molar-refractivity contribution in [1.29, 1.82) is 0 Å². The Kier molecular flexibility index (Phi) is 3.14.